The second-order valence-corrected chi connectivity index (χ2v) is 5.44. The number of hydrogen-bond donors (Lipinski definition) is 3. The number of rotatable bonds is 5. The average Bonchev–Trinajstić information content (AvgIpc) is 2.64. The fourth-order valence-electron chi connectivity index (χ4n) is 1.47. The summed E-state index contributed by atoms with van der Waals surface area (Å²) >= 11 is 0. The molecule has 1 aliphatic rings. The smallest absolute Gasteiger partial charge is 0.237 e. The highest BCUT2D eigenvalue weighted by atomic mass is 32.2. The van der Waals surface area contributed by atoms with Crippen LogP contribution in [0.1, 0.15) is 13.3 Å². The molecule has 3 N–H and O–H groups in total. The lowest BCUT2D eigenvalue weighted by atomic mass is 10.2. The molecule has 0 aromatic heterocycles. The normalized spacial score (nSPS) is 27.6. The zero-order valence-electron chi connectivity index (χ0n) is 8.86. The van der Waals surface area contributed by atoms with Gasteiger partial charge in [-0.2, -0.15) is 0 Å². The van der Waals surface area contributed by atoms with E-state index in [0.717, 1.165) is 0 Å². The zero-order valence-corrected chi connectivity index (χ0v) is 9.68. The summed E-state index contributed by atoms with van der Waals surface area (Å²) in [5.74, 6) is 1.01. The molecule has 1 rings (SSSR count). The third-order valence-corrected chi connectivity index (χ3v) is 3.68. The molecular formula is C9H18N2O3S. The first kappa shape index (κ1) is 12.6. The van der Waals surface area contributed by atoms with Crippen molar-refractivity contribution in [3.63, 3.8) is 0 Å². The van der Waals surface area contributed by atoms with Gasteiger partial charge < -0.3 is 15.7 Å². The number of β-amino-alcohol motifs (C(OH)–C–C–N with tert-alkyl or cyclic N) is 1. The van der Waals surface area contributed by atoms with Gasteiger partial charge in [0.15, 0.2) is 0 Å². The van der Waals surface area contributed by atoms with Gasteiger partial charge in [0.05, 0.1) is 12.1 Å². The number of nitrogens with one attached hydrogen (secondary N) is 2. The van der Waals surface area contributed by atoms with Crippen molar-refractivity contribution in [1.82, 2.24) is 10.6 Å². The fraction of sp³-hybridized carbons (Fsp3) is 0.889. The Balaban J connectivity index is 2.16. The van der Waals surface area contributed by atoms with Crippen LogP contribution in [0.2, 0.25) is 0 Å². The van der Waals surface area contributed by atoms with Crippen LogP contribution in [-0.2, 0) is 15.6 Å². The van der Waals surface area contributed by atoms with Crippen molar-refractivity contribution < 1.29 is 14.1 Å². The summed E-state index contributed by atoms with van der Waals surface area (Å²) in [6.45, 7) is 2.76. The highest BCUT2D eigenvalue weighted by Gasteiger charge is 2.27. The van der Waals surface area contributed by atoms with Crippen molar-refractivity contribution in [3.8, 4) is 0 Å². The molecule has 6 heteroatoms. The Hall–Kier alpha value is -0.460. The molecule has 1 saturated heterocycles. The number of amides is 1. The van der Waals surface area contributed by atoms with Crippen molar-refractivity contribution in [2.45, 2.75) is 25.5 Å². The Morgan fingerprint density at radius 2 is 2.40 bits per heavy atom. The first-order chi connectivity index (χ1) is 7.13. The lowest BCUT2D eigenvalue weighted by Gasteiger charge is -2.10. The SMILES string of the molecule is CCS(=O)CCNC(=O)C1CC(O)CN1. The summed E-state index contributed by atoms with van der Waals surface area (Å²) < 4.78 is 11.1. The maximum atomic E-state index is 11.5. The second-order valence-electron chi connectivity index (χ2n) is 3.57. The van der Waals surface area contributed by atoms with Crippen LogP contribution >= 0.6 is 0 Å². The van der Waals surface area contributed by atoms with Gasteiger partial charge in [0, 0.05) is 35.4 Å². The first-order valence-electron chi connectivity index (χ1n) is 5.17. The molecule has 15 heavy (non-hydrogen) atoms. The van der Waals surface area contributed by atoms with Crippen LogP contribution in [0.25, 0.3) is 0 Å². The van der Waals surface area contributed by atoms with E-state index >= 15 is 0 Å². The number of hydrogen-bond acceptors (Lipinski definition) is 4. The average molecular weight is 234 g/mol. The maximum absolute atomic E-state index is 11.5. The van der Waals surface area contributed by atoms with Gasteiger partial charge in [0.1, 0.15) is 0 Å². The van der Waals surface area contributed by atoms with Gasteiger partial charge in [-0.3, -0.25) is 9.00 Å². The van der Waals surface area contributed by atoms with Gasteiger partial charge in [-0.15, -0.1) is 0 Å². The second kappa shape index (κ2) is 6.19. The summed E-state index contributed by atoms with van der Waals surface area (Å²) in [6.07, 6.45) is 0.0356. The first-order valence-corrected chi connectivity index (χ1v) is 6.66. The molecular weight excluding hydrogens is 216 g/mol. The third kappa shape index (κ3) is 4.27. The van der Waals surface area contributed by atoms with Crippen molar-refractivity contribution in [2.24, 2.45) is 0 Å². The minimum atomic E-state index is -0.836. The van der Waals surface area contributed by atoms with Crippen LogP contribution < -0.4 is 10.6 Å². The fourth-order valence-corrected chi connectivity index (χ4v) is 2.09. The largest absolute Gasteiger partial charge is 0.392 e. The molecule has 1 fully saturated rings. The Kier molecular flexibility index (Phi) is 5.21. The van der Waals surface area contributed by atoms with Crippen molar-refractivity contribution in [2.75, 3.05) is 24.6 Å². The van der Waals surface area contributed by atoms with Crippen LogP contribution in [0.15, 0.2) is 0 Å². The molecule has 0 saturated carbocycles. The summed E-state index contributed by atoms with van der Waals surface area (Å²) in [5.41, 5.74) is 0. The molecule has 5 nitrogen and oxygen atoms in total. The minimum absolute atomic E-state index is 0.111. The topological polar surface area (TPSA) is 78.4 Å². The molecule has 1 amide bonds. The van der Waals surface area contributed by atoms with Crippen LogP contribution in [0.3, 0.4) is 0 Å². The predicted octanol–water partition coefficient (Wildman–Crippen LogP) is -1.41. The monoisotopic (exact) mass is 234 g/mol. The quantitative estimate of drug-likeness (QED) is 0.546. The molecule has 3 unspecified atom stereocenters. The number of carbonyl (C=O) groups is 1. The molecule has 1 heterocycles. The molecule has 0 aromatic rings. The number of aliphatic hydroxyl groups is 1. The van der Waals surface area contributed by atoms with Crippen LogP contribution in [-0.4, -0.2) is 52.0 Å². The summed E-state index contributed by atoms with van der Waals surface area (Å²) in [5, 5.41) is 14.8. The minimum Gasteiger partial charge on any atom is -0.392 e. The van der Waals surface area contributed by atoms with E-state index in [1.165, 1.54) is 0 Å². The summed E-state index contributed by atoms with van der Waals surface area (Å²) in [7, 11) is -0.836. The van der Waals surface area contributed by atoms with E-state index in [2.05, 4.69) is 10.6 Å². The molecule has 0 bridgehead atoms. The van der Waals surface area contributed by atoms with Gasteiger partial charge in [0.2, 0.25) is 5.91 Å². The van der Waals surface area contributed by atoms with Crippen molar-refractivity contribution >= 4 is 16.7 Å². The molecule has 0 radical (unpaired) electrons. The predicted molar refractivity (Wildman–Crippen MR) is 59.0 cm³/mol. The molecule has 1 aliphatic heterocycles. The van der Waals surface area contributed by atoms with Crippen molar-refractivity contribution in [3.05, 3.63) is 0 Å². The molecule has 0 spiro atoms. The number of aliphatic hydroxyl groups excluding tert-OH is 1. The van der Waals surface area contributed by atoms with E-state index in [-0.39, 0.29) is 11.9 Å². The van der Waals surface area contributed by atoms with Gasteiger partial charge >= 0.3 is 0 Å². The third-order valence-electron chi connectivity index (χ3n) is 2.38. The van der Waals surface area contributed by atoms with Gasteiger partial charge in [-0.1, -0.05) is 6.92 Å². The Labute approximate surface area is 92.1 Å². The molecule has 3 atom stereocenters. The zero-order chi connectivity index (χ0) is 11.3. The highest BCUT2D eigenvalue weighted by molar-refractivity contribution is 7.84. The van der Waals surface area contributed by atoms with Crippen molar-refractivity contribution in [1.29, 1.82) is 0 Å². The van der Waals surface area contributed by atoms with E-state index in [9.17, 15) is 14.1 Å². The van der Waals surface area contributed by atoms with Crippen LogP contribution in [0.5, 0.6) is 0 Å². The standard InChI is InChI=1S/C9H18N2O3S/c1-2-15(14)4-3-10-9(13)8-5-7(12)6-11-8/h7-8,11-12H,2-6H2,1H3,(H,10,13). The van der Waals surface area contributed by atoms with Gasteiger partial charge in [-0.25, -0.2) is 0 Å². The van der Waals surface area contributed by atoms with Crippen LogP contribution in [0.4, 0.5) is 0 Å². The molecule has 0 aliphatic carbocycles. The summed E-state index contributed by atoms with van der Waals surface area (Å²) in [4.78, 5) is 11.5. The molecule has 0 aromatic carbocycles. The van der Waals surface area contributed by atoms with E-state index < -0.39 is 16.9 Å². The lowest BCUT2D eigenvalue weighted by molar-refractivity contribution is -0.122. The van der Waals surface area contributed by atoms with Gasteiger partial charge in [-0.05, 0) is 6.42 Å². The Morgan fingerprint density at radius 1 is 1.67 bits per heavy atom. The maximum Gasteiger partial charge on any atom is 0.237 e. The Bertz CT molecular complexity index is 248. The lowest BCUT2D eigenvalue weighted by Crippen LogP contribution is -2.41. The van der Waals surface area contributed by atoms with Crippen LogP contribution in [0, 0.1) is 0 Å². The number of carbonyl (C=O) groups excluding carboxylic acids is 1. The highest BCUT2D eigenvalue weighted by Crippen LogP contribution is 2.05. The van der Waals surface area contributed by atoms with Gasteiger partial charge in [0.25, 0.3) is 0 Å². The van der Waals surface area contributed by atoms with E-state index in [1.807, 2.05) is 6.92 Å². The van der Waals surface area contributed by atoms with E-state index in [0.29, 0.717) is 31.0 Å². The molecule has 88 valence electrons. The summed E-state index contributed by atoms with van der Waals surface area (Å²) in [6, 6.07) is -0.296. The Morgan fingerprint density at radius 3 is 2.93 bits per heavy atom. The van der Waals surface area contributed by atoms with E-state index in [4.69, 9.17) is 0 Å². The van der Waals surface area contributed by atoms with E-state index in [1.54, 1.807) is 0 Å².